The highest BCUT2D eigenvalue weighted by atomic mass is 79.9. The van der Waals surface area contributed by atoms with Gasteiger partial charge in [-0.25, -0.2) is 4.68 Å². The van der Waals surface area contributed by atoms with Gasteiger partial charge in [-0.1, -0.05) is 19.1 Å². The molecule has 2 aromatic heterocycles. The molecule has 0 aliphatic rings. The number of hydrogen-bond acceptors (Lipinski definition) is 4. The summed E-state index contributed by atoms with van der Waals surface area (Å²) < 4.78 is 2.94. The van der Waals surface area contributed by atoms with Gasteiger partial charge in [0.05, 0.1) is 23.6 Å². The van der Waals surface area contributed by atoms with Crippen LogP contribution in [0.4, 0.5) is 0 Å². The van der Waals surface area contributed by atoms with Crippen LogP contribution in [0.15, 0.2) is 29.0 Å². The van der Waals surface area contributed by atoms with Crippen LogP contribution in [-0.4, -0.2) is 26.5 Å². The molecule has 0 fully saturated rings. The molecule has 0 aromatic carbocycles. The minimum atomic E-state index is 0.0320. The first-order valence-corrected chi connectivity index (χ1v) is 7.78. The van der Waals surface area contributed by atoms with E-state index in [2.05, 4.69) is 50.4 Å². The van der Waals surface area contributed by atoms with E-state index in [0.29, 0.717) is 0 Å². The van der Waals surface area contributed by atoms with Crippen LogP contribution in [0.3, 0.4) is 0 Å². The summed E-state index contributed by atoms with van der Waals surface area (Å²) in [6.07, 6.45) is 5.75. The molecule has 108 valence electrons. The van der Waals surface area contributed by atoms with Crippen LogP contribution in [0.2, 0.25) is 0 Å². The Hall–Kier alpha value is -1.27. The lowest BCUT2D eigenvalue weighted by Crippen LogP contribution is -2.26. The van der Waals surface area contributed by atoms with Crippen molar-refractivity contribution in [1.29, 1.82) is 0 Å². The lowest BCUT2D eigenvalue weighted by atomic mass is 10.1. The smallest absolute Gasteiger partial charge is 0.0938 e. The van der Waals surface area contributed by atoms with Crippen molar-refractivity contribution in [2.45, 2.75) is 39.3 Å². The first-order chi connectivity index (χ1) is 9.76. The topological polar surface area (TPSA) is 55.6 Å². The molecule has 2 rings (SSSR count). The molecule has 0 radical (unpaired) electrons. The third kappa shape index (κ3) is 3.64. The number of aryl methyl sites for hydroxylation is 1. The number of nitrogens with one attached hydrogen (secondary N) is 1. The highest BCUT2D eigenvalue weighted by molar-refractivity contribution is 9.10. The minimum Gasteiger partial charge on any atom is -0.304 e. The van der Waals surface area contributed by atoms with Gasteiger partial charge in [0.25, 0.3) is 0 Å². The molecule has 2 heterocycles. The number of aromatic nitrogens is 4. The molecular formula is C14H20BrN5. The Bertz CT molecular complexity index is 523. The first kappa shape index (κ1) is 15.1. The summed E-state index contributed by atoms with van der Waals surface area (Å²) in [5, 5.41) is 11.7. The van der Waals surface area contributed by atoms with Gasteiger partial charge in [-0.05, 0) is 47.4 Å². The summed E-state index contributed by atoms with van der Waals surface area (Å²) in [6.45, 7) is 6.09. The fraction of sp³-hybridized carbons (Fsp3) is 0.500. The van der Waals surface area contributed by atoms with E-state index in [1.807, 2.05) is 29.2 Å². The van der Waals surface area contributed by atoms with Gasteiger partial charge < -0.3 is 5.32 Å². The standard InChI is InChI=1S/C14H20BrN5/c1-3-7-16-14(12-6-5-11(15)9-17-12)13-10-18-19-20(13)8-4-2/h5-6,9-10,14,16H,3-4,7-8H2,1-2H3. The van der Waals surface area contributed by atoms with Crippen molar-refractivity contribution < 1.29 is 0 Å². The molecule has 0 spiro atoms. The molecule has 0 bridgehead atoms. The van der Waals surface area contributed by atoms with Gasteiger partial charge in [0.2, 0.25) is 0 Å². The molecule has 5 nitrogen and oxygen atoms in total. The predicted molar refractivity (Wildman–Crippen MR) is 82.4 cm³/mol. The number of pyridine rings is 1. The number of hydrogen-bond donors (Lipinski definition) is 1. The maximum absolute atomic E-state index is 4.51. The zero-order valence-corrected chi connectivity index (χ0v) is 13.5. The monoisotopic (exact) mass is 337 g/mol. The van der Waals surface area contributed by atoms with Crippen LogP contribution in [-0.2, 0) is 6.54 Å². The lowest BCUT2D eigenvalue weighted by Gasteiger charge is -2.18. The molecule has 1 N–H and O–H groups in total. The fourth-order valence-corrected chi connectivity index (χ4v) is 2.32. The van der Waals surface area contributed by atoms with Crippen molar-refractivity contribution in [2.24, 2.45) is 0 Å². The van der Waals surface area contributed by atoms with Gasteiger partial charge in [0.1, 0.15) is 0 Å². The fourth-order valence-electron chi connectivity index (χ4n) is 2.08. The molecule has 1 atom stereocenters. The molecular weight excluding hydrogens is 318 g/mol. The predicted octanol–water partition coefficient (Wildman–Crippen LogP) is 2.93. The molecule has 0 aliphatic carbocycles. The average molecular weight is 338 g/mol. The number of nitrogens with zero attached hydrogens (tertiary/aromatic N) is 4. The van der Waals surface area contributed by atoms with Gasteiger partial charge in [-0.3, -0.25) is 4.98 Å². The van der Waals surface area contributed by atoms with Gasteiger partial charge in [-0.2, -0.15) is 0 Å². The van der Waals surface area contributed by atoms with Gasteiger partial charge in [-0.15, -0.1) is 5.10 Å². The summed E-state index contributed by atoms with van der Waals surface area (Å²) in [5.74, 6) is 0. The van der Waals surface area contributed by atoms with Crippen molar-refractivity contribution in [3.05, 3.63) is 40.4 Å². The minimum absolute atomic E-state index is 0.0320. The largest absolute Gasteiger partial charge is 0.304 e. The Balaban J connectivity index is 2.31. The molecule has 0 amide bonds. The Labute approximate surface area is 127 Å². The van der Waals surface area contributed by atoms with Crippen LogP contribution >= 0.6 is 15.9 Å². The normalized spacial score (nSPS) is 12.6. The van der Waals surface area contributed by atoms with Crippen LogP contribution in [0.5, 0.6) is 0 Å². The third-order valence-electron chi connectivity index (χ3n) is 3.02. The van der Waals surface area contributed by atoms with E-state index in [1.54, 1.807) is 0 Å². The number of rotatable bonds is 7. The van der Waals surface area contributed by atoms with E-state index in [1.165, 1.54) is 0 Å². The zero-order chi connectivity index (χ0) is 14.4. The second kappa shape index (κ2) is 7.50. The van der Waals surface area contributed by atoms with Gasteiger partial charge >= 0.3 is 0 Å². The number of halogens is 1. The quantitative estimate of drug-likeness (QED) is 0.843. The van der Waals surface area contributed by atoms with E-state index in [4.69, 9.17) is 0 Å². The maximum Gasteiger partial charge on any atom is 0.0938 e. The van der Waals surface area contributed by atoms with Crippen LogP contribution in [0, 0.1) is 0 Å². The zero-order valence-electron chi connectivity index (χ0n) is 11.9. The van der Waals surface area contributed by atoms with Crippen molar-refractivity contribution >= 4 is 15.9 Å². The highest BCUT2D eigenvalue weighted by Gasteiger charge is 2.19. The van der Waals surface area contributed by atoms with Crippen LogP contribution < -0.4 is 5.32 Å². The van der Waals surface area contributed by atoms with Crippen LogP contribution in [0.1, 0.15) is 44.1 Å². The van der Waals surface area contributed by atoms with E-state index in [-0.39, 0.29) is 6.04 Å². The van der Waals surface area contributed by atoms with Gasteiger partial charge in [0.15, 0.2) is 0 Å². The molecule has 0 saturated heterocycles. The summed E-state index contributed by atoms with van der Waals surface area (Å²) in [5.41, 5.74) is 2.05. The van der Waals surface area contributed by atoms with E-state index < -0.39 is 0 Å². The molecule has 6 heteroatoms. The molecule has 1 unspecified atom stereocenters. The highest BCUT2D eigenvalue weighted by Crippen LogP contribution is 2.21. The summed E-state index contributed by atoms with van der Waals surface area (Å²) >= 11 is 3.42. The van der Waals surface area contributed by atoms with Crippen molar-refractivity contribution in [1.82, 2.24) is 25.3 Å². The Kier molecular flexibility index (Phi) is 5.67. The molecule has 0 saturated carbocycles. The van der Waals surface area contributed by atoms with Gasteiger partial charge in [0, 0.05) is 17.2 Å². The molecule has 20 heavy (non-hydrogen) atoms. The second-order valence-corrected chi connectivity index (χ2v) is 5.59. The van der Waals surface area contributed by atoms with Crippen molar-refractivity contribution in [3.8, 4) is 0 Å². The SMILES string of the molecule is CCCNC(c1ccc(Br)cn1)c1cnnn1CCC. The summed E-state index contributed by atoms with van der Waals surface area (Å²) in [4.78, 5) is 4.51. The Morgan fingerprint density at radius 1 is 1.25 bits per heavy atom. The third-order valence-corrected chi connectivity index (χ3v) is 3.49. The second-order valence-electron chi connectivity index (χ2n) is 4.67. The van der Waals surface area contributed by atoms with Crippen LogP contribution in [0.25, 0.3) is 0 Å². The maximum atomic E-state index is 4.51. The van der Waals surface area contributed by atoms with Crippen molar-refractivity contribution in [2.75, 3.05) is 6.54 Å². The lowest BCUT2D eigenvalue weighted by molar-refractivity contribution is 0.499. The van der Waals surface area contributed by atoms with Crippen molar-refractivity contribution in [3.63, 3.8) is 0 Å². The van der Waals surface area contributed by atoms with E-state index in [0.717, 1.165) is 41.8 Å². The summed E-state index contributed by atoms with van der Waals surface area (Å²) in [6, 6.07) is 4.07. The Morgan fingerprint density at radius 3 is 2.75 bits per heavy atom. The molecule has 0 aliphatic heterocycles. The average Bonchev–Trinajstić information content (AvgIpc) is 2.90. The molecule has 2 aromatic rings. The first-order valence-electron chi connectivity index (χ1n) is 6.99. The van der Waals surface area contributed by atoms with E-state index in [9.17, 15) is 0 Å². The van der Waals surface area contributed by atoms with E-state index >= 15 is 0 Å². The summed E-state index contributed by atoms with van der Waals surface area (Å²) in [7, 11) is 0. The Morgan fingerprint density at radius 2 is 2.10 bits per heavy atom.